The van der Waals surface area contributed by atoms with Crippen LogP contribution in [0, 0.1) is 0 Å². The molecular weight excluding hydrogens is 234 g/mol. The van der Waals surface area contributed by atoms with Crippen molar-refractivity contribution >= 4 is 22.7 Å². The van der Waals surface area contributed by atoms with Gasteiger partial charge in [0.1, 0.15) is 5.01 Å². The zero-order valence-corrected chi connectivity index (χ0v) is 11.8. The molecule has 2 rings (SSSR count). The van der Waals surface area contributed by atoms with Crippen LogP contribution in [0.4, 0.5) is 0 Å². The highest BCUT2D eigenvalue weighted by atomic mass is 32.1. The van der Waals surface area contributed by atoms with Crippen LogP contribution in [0.15, 0.2) is 17.5 Å². The van der Waals surface area contributed by atoms with Crippen LogP contribution in [0.5, 0.6) is 0 Å². The molecule has 0 aliphatic carbocycles. The normalized spacial score (nSPS) is 11.6. The molecule has 0 aliphatic heterocycles. The molecule has 0 saturated carbocycles. The van der Waals surface area contributed by atoms with Gasteiger partial charge in [0.15, 0.2) is 0 Å². The highest BCUT2D eigenvalue weighted by molar-refractivity contribution is 7.21. The number of thiazole rings is 1. The fourth-order valence-electron chi connectivity index (χ4n) is 1.44. The molecule has 0 radical (unpaired) electrons. The Morgan fingerprint density at radius 2 is 1.81 bits per heavy atom. The third-order valence-corrected chi connectivity index (χ3v) is 4.94. The second kappa shape index (κ2) is 4.68. The van der Waals surface area contributed by atoms with E-state index in [9.17, 15) is 0 Å². The van der Waals surface area contributed by atoms with Crippen LogP contribution >= 0.6 is 22.7 Å². The van der Waals surface area contributed by atoms with E-state index in [4.69, 9.17) is 0 Å². The Labute approximate surface area is 105 Å². The maximum absolute atomic E-state index is 4.68. The highest BCUT2D eigenvalue weighted by Gasteiger charge is 2.10. The van der Waals surface area contributed by atoms with E-state index in [1.54, 1.807) is 11.3 Å². The summed E-state index contributed by atoms with van der Waals surface area (Å²) in [6.45, 7) is 8.84. The van der Waals surface area contributed by atoms with Gasteiger partial charge in [0, 0.05) is 10.3 Å². The lowest BCUT2D eigenvalue weighted by Gasteiger charge is -1.98. The molecule has 3 heteroatoms. The molecule has 16 heavy (non-hydrogen) atoms. The van der Waals surface area contributed by atoms with Gasteiger partial charge in [-0.3, -0.25) is 0 Å². The average Bonchev–Trinajstić information content (AvgIpc) is 2.86. The van der Waals surface area contributed by atoms with Crippen LogP contribution in [-0.2, 0) is 0 Å². The van der Waals surface area contributed by atoms with Crippen LogP contribution in [0.2, 0.25) is 0 Å². The van der Waals surface area contributed by atoms with Gasteiger partial charge in [0.05, 0.1) is 10.6 Å². The Morgan fingerprint density at radius 3 is 2.31 bits per heavy atom. The lowest BCUT2D eigenvalue weighted by atomic mass is 10.2. The molecule has 0 aliphatic rings. The summed E-state index contributed by atoms with van der Waals surface area (Å²) in [6.07, 6.45) is 0. The number of nitrogens with zero attached hydrogens (tertiary/aromatic N) is 1. The molecule has 0 N–H and O–H groups in total. The molecule has 0 saturated heterocycles. The van der Waals surface area contributed by atoms with Crippen LogP contribution < -0.4 is 0 Å². The van der Waals surface area contributed by atoms with Crippen LogP contribution in [-0.4, -0.2) is 4.98 Å². The van der Waals surface area contributed by atoms with Crippen molar-refractivity contribution in [3.8, 4) is 9.88 Å². The maximum atomic E-state index is 4.68. The smallest absolute Gasteiger partial charge is 0.133 e. The first kappa shape index (κ1) is 11.8. The standard InChI is InChI=1S/C13H17NS2/c1-8(2)10-7-15-13(14-10)12-6-5-11(16-12)9(3)4/h5-9H,1-4H3. The number of thiophene rings is 1. The van der Waals surface area contributed by atoms with E-state index < -0.39 is 0 Å². The molecule has 2 aromatic heterocycles. The molecular formula is C13H17NS2. The van der Waals surface area contributed by atoms with Crippen molar-refractivity contribution in [1.29, 1.82) is 0 Å². The summed E-state index contributed by atoms with van der Waals surface area (Å²) < 4.78 is 0. The molecule has 0 fully saturated rings. The first-order valence-corrected chi connectivity index (χ1v) is 7.33. The fraction of sp³-hybridized carbons (Fsp3) is 0.462. The van der Waals surface area contributed by atoms with E-state index in [-0.39, 0.29) is 0 Å². The van der Waals surface area contributed by atoms with Crippen molar-refractivity contribution < 1.29 is 0 Å². The van der Waals surface area contributed by atoms with Gasteiger partial charge >= 0.3 is 0 Å². The van der Waals surface area contributed by atoms with Gasteiger partial charge in [-0.15, -0.1) is 22.7 Å². The maximum Gasteiger partial charge on any atom is 0.133 e. The minimum atomic E-state index is 0.523. The molecule has 86 valence electrons. The summed E-state index contributed by atoms with van der Waals surface area (Å²) in [7, 11) is 0. The highest BCUT2D eigenvalue weighted by Crippen LogP contribution is 2.34. The number of hydrogen-bond donors (Lipinski definition) is 0. The van der Waals surface area contributed by atoms with Crippen molar-refractivity contribution in [1.82, 2.24) is 4.98 Å². The zero-order valence-electron chi connectivity index (χ0n) is 10.2. The minimum absolute atomic E-state index is 0.523. The van der Waals surface area contributed by atoms with Crippen LogP contribution in [0.3, 0.4) is 0 Å². The number of hydrogen-bond acceptors (Lipinski definition) is 3. The van der Waals surface area contributed by atoms with Crippen molar-refractivity contribution in [2.45, 2.75) is 39.5 Å². The largest absolute Gasteiger partial charge is 0.240 e. The van der Waals surface area contributed by atoms with E-state index in [1.807, 2.05) is 11.3 Å². The number of rotatable bonds is 3. The van der Waals surface area contributed by atoms with Crippen LogP contribution in [0.1, 0.15) is 50.1 Å². The van der Waals surface area contributed by atoms with E-state index in [0.717, 1.165) is 0 Å². The van der Waals surface area contributed by atoms with Crippen molar-refractivity contribution in [3.05, 3.63) is 28.1 Å². The first-order valence-electron chi connectivity index (χ1n) is 5.63. The summed E-state index contributed by atoms with van der Waals surface area (Å²) >= 11 is 3.62. The molecule has 0 atom stereocenters. The minimum Gasteiger partial charge on any atom is -0.240 e. The molecule has 0 bridgehead atoms. The number of aromatic nitrogens is 1. The summed E-state index contributed by atoms with van der Waals surface area (Å²) in [6, 6.07) is 4.42. The van der Waals surface area contributed by atoms with Crippen molar-refractivity contribution in [3.63, 3.8) is 0 Å². The van der Waals surface area contributed by atoms with E-state index >= 15 is 0 Å². The summed E-state index contributed by atoms with van der Waals surface area (Å²) in [5.41, 5.74) is 1.21. The van der Waals surface area contributed by atoms with Gasteiger partial charge in [-0.1, -0.05) is 27.7 Å². The molecule has 0 spiro atoms. The SMILES string of the molecule is CC(C)c1csc(-c2ccc(C(C)C)s2)n1. The van der Waals surface area contributed by atoms with Gasteiger partial charge in [0.25, 0.3) is 0 Å². The molecule has 2 heterocycles. The van der Waals surface area contributed by atoms with E-state index in [2.05, 4.69) is 50.2 Å². The summed E-state index contributed by atoms with van der Waals surface area (Å²) in [4.78, 5) is 7.43. The topological polar surface area (TPSA) is 12.9 Å². The molecule has 1 nitrogen and oxygen atoms in total. The van der Waals surface area contributed by atoms with Gasteiger partial charge in [-0.05, 0) is 24.0 Å². The van der Waals surface area contributed by atoms with E-state index in [1.165, 1.54) is 20.5 Å². The third kappa shape index (κ3) is 2.36. The lowest BCUT2D eigenvalue weighted by Crippen LogP contribution is -1.85. The lowest BCUT2D eigenvalue weighted by molar-refractivity contribution is 0.834. The van der Waals surface area contributed by atoms with Crippen molar-refractivity contribution in [2.24, 2.45) is 0 Å². The summed E-state index contributed by atoms with van der Waals surface area (Å²) in [5, 5.41) is 3.34. The summed E-state index contributed by atoms with van der Waals surface area (Å²) in [5.74, 6) is 1.14. The van der Waals surface area contributed by atoms with Gasteiger partial charge < -0.3 is 0 Å². The second-order valence-electron chi connectivity index (χ2n) is 4.59. The average molecular weight is 251 g/mol. The van der Waals surface area contributed by atoms with Gasteiger partial charge in [-0.2, -0.15) is 0 Å². The Bertz CT molecular complexity index is 421. The predicted molar refractivity (Wildman–Crippen MR) is 73.6 cm³/mol. The molecule has 0 amide bonds. The first-order chi connectivity index (χ1) is 7.58. The van der Waals surface area contributed by atoms with Crippen molar-refractivity contribution in [2.75, 3.05) is 0 Å². The predicted octanol–water partition coefficient (Wildman–Crippen LogP) is 5.12. The second-order valence-corrected chi connectivity index (χ2v) is 6.56. The Kier molecular flexibility index (Phi) is 3.45. The Balaban J connectivity index is 2.28. The molecule has 0 aromatic carbocycles. The van der Waals surface area contributed by atoms with E-state index in [0.29, 0.717) is 11.8 Å². The van der Waals surface area contributed by atoms with Crippen LogP contribution in [0.25, 0.3) is 9.88 Å². The fourth-order valence-corrected chi connectivity index (χ4v) is 3.51. The quantitative estimate of drug-likeness (QED) is 0.738. The van der Waals surface area contributed by atoms with Gasteiger partial charge in [0.2, 0.25) is 0 Å². The Morgan fingerprint density at radius 1 is 1.06 bits per heavy atom. The molecule has 2 aromatic rings. The third-order valence-electron chi connectivity index (χ3n) is 2.52. The Hall–Kier alpha value is -0.670. The monoisotopic (exact) mass is 251 g/mol. The molecule has 0 unspecified atom stereocenters. The zero-order chi connectivity index (χ0) is 11.7. The van der Waals surface area contributed by atoms with Gasteiger partial charge in [-0.25, -0.2) is 4.98 Å².